The summed E-state index contributed by atoms with van der Waals surface area (Å²) in [4.78, 5) is 2.54. The maximum atomic E-state index is 3.78. The predicted molar refractivity (Wildman–Crippen MR) is 76.3 cm³/mol. The van der Waals surface area contributed by atoms with Crippen molar-refractivity contribution in [2.75, 3.05) is 20.1 Å². The van der Waals surface area contributed by atoms with Gasteiger partial charge in [0, 0.05) is 11.6 Å². The first-order valence-corrected chi connectivity index (χ1v) is 7.00. The van der Waals surface area contributed by atoms with Crippen molar-refractivity contribution in [3.8, 4) is 0 Å². The first-order chi connectivity index (χ1) is 7.94. The van der Waals surface area contributed by atoms with Gasteiger partial charge in [-0.2, -0.15) is 0 Å². The number of allylic oxidation sites excluding steroid dienone is 1. The zero-order valence-corrected chi connectivity index (χ0v) is 12.1. The third kappa shape index (κ3) is 5.22. The van der Waals surface area contributed by atoms with Crippen LogP contribution in [-0.2, 0) is 0 Å². The molecule has 1 rings (SSSR count). The van der Waals surface area contributed by atoms with Crippen molar-refractivity contribution < 1.29 is 0 Å². The molecule has 17 heavy (non-hydrogen) atoms. The van der Waals surface area contributed by atoms with Crippen molar-refractivity contribution in [1.29, 1.82) is 0 Å². The molecule has 0 aromatic rings. The normalized spacial score (nSPS) is 24.8. The molecule has 0 aliphatic heterocycles. The van der Waals surface area contributed by atoms with Crippen LogP contribution in [0.5, 0.6) is 0 Å². The van der Waals surface area contributed by atoms with Gasteiger partial charge in [-0.3, -0.25) is 0 Å². The summed E-state index contributed by atoms with van der Waals surface area (Å²) < 4.78 is 0. The monoisotopic (exact) mass is 238 g/mol. The Hall–Kier alpha value is -0.340. The number of hydrogen-bond acceptors (Lipinski definition) is 2. The lowest BCUT2D eigenvalue weighted by Gasteiger charge is -2.44. The number of nitrogens with zero attached hydrogens (tertiary/aromatic N) is 1. The molecule has 0 aromatic heterocycles. The van der Waals surface area contributed by atoms with Crippen LogP contribution in [0.15, 0.2) is 12.7 Å². The number of hydrogen-bond donors (Lipinski definition) is 1. The molecule has 0 radical (unpaired) electrons. The molecule has 1 saturated carbocycles. The van der Waals surface area contributed by atoms with Crippen LogP contribution < -0.4 is 5.32 Å². The van der Waals surface area contributed by atoms with E-state index in [1.165, 1.54) is 32.4 Å². The zero-order valence-electron chi connectivity index (χ0n) is 12.1. The minimum Gasteiger partial charge on any atom is -0.312 e. The van der Waals surface area contributed by atoms with Crippen molar-refractivity contribution in [1.82, 2.24) is 10.2 Å². The molecule has 100 valence electrons. The Balaban J connectivity index is 2.23. The molecule has 0 bridgehead atoms. The highest BCUT2D eigenvalue weighted by Gasteiger charge is 2.33. The predicted octanol–water partition coefficient (Wildman–Crippen LogP) is 3.05. The molecule has 0 amide bonds. The minimum atomic E-state index is 0.252. The summed E-state index contributed by atoms with van der Waals surface area (Å²) in [5.74, 6) is 0.850. The van der Waals surface area contributed by atoms with Gasteiger partial charge in [-0.25, -0.2) is 0 Å². The third-order valence-electron chi connectivity index (χ3n) is 3.76. The van der Waals surface area contributed by atoms with Gasteiger partial charge >= 0.3 is 0 Å². The highest BCUT2D eigenvalue weighted by molar-refractivity contribution is 4.90. The van der Waals surface area contributed by atoms with E-state index in [9.17, 15) is 0 Å². The zero-order chi connectivity index (χ0) is 12.9. The van der Waals surface area contributed by atoms with Gasteiger partial charge in [0.1, 0.15) is 0 Å². The van der Waals surface area contributed by atoms with Gasteiger partial charge in [0.25, 0.3) is 0 Å². The molecule has 1 fully saturated rings. The van der Waals surface area contributed by atoms with Crippen LogP contribution in [0.4, 0.5) is 0 Å². The van der Waals surface area contributed by atoms with E-state index in [1.54, 1.807) is 0 Å². The van der Waals surface area contributed by atoms with Crippen LogP contribution in [0.2, 0.25) is 0 Å². The summed E-state index contributed by atoms with van der Waals surface area (Å²) in [6, 6.07) is 0.801. The molecular weight excluding hydrogens is 208 g/mol. The Labute approximate surface area is 107 Å². The molecule has 0 heterocycles. The minimum absolute atomic E-state index is 0.252. The fourth-order valence-corrected chi connectivity index (χ4v) is 2.46. The maximum Gasteiger partial charge on any atom is 0.0133 e. The van der Waals surface area contributed by atoms with E-state index in [-0.39, 0.29) is 5.54 Å². The summed E-state index contributed by atoms with van der Waals surface area (Å²) in [5, 5.41) is 3.63. The average Bonchev–Trinajstić information content (AvgIpc) is 2.14. The lowest BCUT2D eigenvalue weighted by atomic mass is 9.78. The average molecular weight is 238 g/mol. The Kier molecular flexibility index (Phi) is 5.68. The molecule has 1 aliphatic rings. The van der Waals surface area contributed by atoms with Crippen LogP contribution in [0.25, 0.3) is 0 Å². The van der Waals surface area contributed by atoms with Crippen molar-refractivity contribution >= 4 is 0 Å². The third-order valence-corrected chi connectivity index (χ3v) is 3.76. The van der Waals surface area contributed by atoms with E-state index in [0.717, 1.165) is 18.4 Å². The molecule has 2 unspecified atom stereocenters. The van der Waals surface area contributed by atoms with Crippen molar-refractivity contribution in [3.63, 3.8) is 0 Å². The van der Waals surface area contributed by atoms with E-state index in [0.29, 0.717) is 0 Å². The Morgan fingerprint density at radius 2 is 2.06 bits per heavy atom. The number of unbranched alkanes of at least 4 members (excludes halogenated alkanes) is 1. The van der Waals surface area contributed by atoms with Gasteiger partial charge in [0.2, 0.25) is 0 Å². The summed E-state index contributed by atoms with van der Waals surface area (Å²) >= 11 is 0. The van der Waals surface area contributed by atoms with E-state index in [2.05, 4.69) is 44.6 Å². The van der Waals surface area contributed by atoms with E-state index in [1.807, 2.05) is 6.08 Å². The molecule has 1 aliphatic carbocycles. The first kappa shape index (κ1) is 14.7. The lowest BCUT2D eigenvalue weighted by Crippen LogP contribution is -2.51. The lowest BCUT2D eigenvalue weighted by molar-refractivity contribution is 0.0787. The SMILES string of the molecule is C=CCCCN(C)C1CCC1CNC(C)(C)C. The van der Waals surface area contributed by atoms with E-state index >= 15 is 0 Å². The first-order valence-electron chi connectivity index (χ1n) is 7.00. The van der Waals surface area contributed by atoms with Gasteiger partial charge in [0.05, 0.1) is 0 Å². The van der Waals surface area contributed by atoms with Crippen LogP contribution in [0, 0.1) is 5.92 Å². The highest BCUT2D eigenvalue weighted by Crippen LogP contribution is 2.31. The summed E-state index contributed by atoms with van der Waals surface area (Å²) in [7, 11) is 2.27. The van der Waals surface area contributed by atoms with Crippen LogP contribution >= 0.6 is 0 Å². The largest absolute Gasteiger partial charge is 0.312 e. The molecule has 1 N–H and O–H groups in total. The second kappa shape index (κ2) is 6.55. The summed E-state index contributed by atoms with van der Waals surface area (Å²) in [6.07, 6.45) is 7.17. The summed E-state index contributed by atoms with van der Waals surface area (Å²) in [6.45, 7) is 12.9. The standard InChI is InChI=1S/C15H30N2/c1-6-7-8-11-17(5)14-10-9-13(14)12-16-15(2,3)4/h6,13-14,16H,1,7-12H2,2-5H3. The van der Waals surface area contributed by atoms with Crippen molar-refractivity contribution in [2.24, 2.45) is 5.92 Å². The molecular formula is C15H30N2. The molecule has 0 saturated heterocycles. The second-order valence-electron chi connectivity index (χ2n) is 6.45. The molecule has 2 nitrogen and oxygen atoms in total. The van der Waals surface area contributed by atoms with Crippen molar-refractivity contribution in [3.05, 3.63) is 12.7 Å². The Bertz CT molecular complexity index is 230. The second-order valence-corrected chi connectivity index (χ2v) is 6.45. The van der Waals surface area contributed by atoms with Crippen LogP contribution in [0.3, 0.4) is 0 Å². The topological polar surface area (TPSA) is 15.3 Å². The Morgan fingerprint density at radius 1 is 1.35 bits per heavy atom. The smallest absolute Gasteiger partial charge is 0.0133 e. The number of nitrogens with one attached hydrogen (secondary N) is 1. The quantitative estimate of drug-likeness (QED) is 0.542. The van der Waals surface area contributed by atoms with Crippen LogP contribution in [-0.4, -0.2) is 36.6 Å². The van der Waals surface area contributed by atoms with Gasteiger partial charge in [-0.05, 0) is 72.5 Å². The van der Waals surface area contributed by atoms with Gasteiger partial charge in [0.15, 0.2) is 0 Å². The van der Waals surface area contributed by atoms with E-state index in [4.69, 9.17) is 0 Å². The highest BCUT2D eigenvalue weighted by atomic mass is 15.1. The number of rotatable bonds is 7. The van der Waals surface area contributed by atoms with Crippen LogP contribution in [0.1, 0.15) is 46.5 Å². The fourth-order valence-electron chi connectivity index (χ4n) is 2.46. The van der Waals surface area contributed by atoms with Crippen molar-refractivity contribution in [2.45, 2.75) is 58.0 Å². The Morgan fingerprint density at radius 3 is 2.53 bits per heavy atom. The maximum absolute atomic E-state index is 3.78. The molecule has 0 aromatic carbocycles. The van der Waals surface area contributed by atoms with E-state index < -0.39 is 0 Å². The molecule has 2 atom stereocenters. The van der Waals surface area contributed by atoms with Gasteiger partial charge in [-0.1, -0.05) is 6.08 Å². The van der Waals surface area contributed by atoms with Gasteiger partial charge in [-0.15, -0.1) is 6.58 Å². The fraction of sp³-hybridized carbons (Fsp3) is 0.867. The summed E-state index contributed by atoms with van der Waals surface area (Å²) in [5.41, 5.74) is 0.252. The van der Waals surface area contributed by atoms with Gasteiger partial charge < -0.3 is 10.2 Å². The molecule has 2 heteroatoms. The molecule has 0 spiro atoms.